The van der Waals surface area contributed by atoms with Gasteiger partial charge < -0.3 is 16.0 Å². The number of carbonyl (C=O) groups is 2. The molecule has 0 saturated heterocycles. The van der Waals surface area contributed by atoms with Crippen LogP contribution in [0.3, 0.4) is 0 Å². The lowest BCUT2D eigenvalue weighted by Gasteiger charge is -2.14. The van der Waals surface area contributed by atoms with Gasteiger partial charge in [-0.05, 0) is 13.0 Å². The van der Waals surface area contributed by atoms with Crippen molar-refractivity contribution < 1.29 is 18.4 Å². The molecule has 2 rings (SSSR count). The van der Waals surface area contributed by atoms with Crippen LogP contribution in [0.25, 0.3) is 0 Å². The molecule has 1 atom stereocenters. The molecule has 23 heavy (non-hydrogen) atoms. The van der Waals surface area contributed by atoms with Gasteiger partial charge in [-0.15, -0.1) is 11.3 Å². The molecule has 0 aliphatic heterocycles. The zero-order valence-corrected chi connectivity index (χ0v) is 13.1. The minimum absolute atomic E-state index is 0.220. The van der Waals surface area contributed by atoms with Crippen LogP contribution >= 0.6 is 11.3 Å². The number of hydrogen-bond acceptors (Lipinski definition) is 4. The smallest absolute Gasteiger partial charge is 0.319 e. The fourth-order valence-electron chi connectivity index (χ4n) is 1.80. The van der Waals surface area contributed by atoms with Gasteiger partial charge in [0, 0.05) is 24.6 Å². The van der Waals surface area contributed by atoms with E-state index in [1.54, 1.807) is 18.5 Å². The molecule has 0 saturated carbocycles. The van der Waals surface area contributed by atoms with E-state index in [4.69, 9.17) is 0 Å². The van der Waals surface area contributed by atoms with Crippen LogP contribution < -0.4 is 16.0 Å². The van der Waals surface area contributed by atoms with E-state index in [0.29, 0.717) is 11.1 Å². The largest absolute Gasteiger partial charge is 0.329 e. The van der Waals surface area contributed by atoms with Crippen molar-refractivity contribution in [2.24, 2.45) is 0 Å². The van der Waals surface area contributed by atoms with E-state index in [1.165, 1.54) is 18.3 Å². The van der Waals surface area contributed by atoms with Crippen molar-refractivity contribution in [3.8, 4) is 0 Å². The standard InChI is InChI=1S/C14H14F2N4O2S/c1-7(13-17-3-4-23-13)18-14(22)20-12-6-11(19-8(2)21)9(15)5-10(12)16/h3-7H,1-2H3,(H,19,21)(H2,18,20,22)/t7-/m1/s1. The Balaban J connectivity index is 2.09. The number of halogens is 2. The monoisotopic (exact) mass is 340 g/mol. The average molecular weight is 340 g/mol. The second-order valence-corrected chi connectivity index (χ2v) is 5.61. The number of nitrogens with zero attached hydrogens (tertiary/aromatic N) is 1. The first kappa shape index (κ1) is 16.8. The number of thiazole rings is 1. The number of anilines is 2. The summed E-state index contributed by atoms with van der Waals surface area (Å²) in [4.78, 5) is 26.9. The maximum absolute atomic E-state index is 13.7. The van der Waals surface area contributed by atoms with Crippen LogP contribution in [-0.4, -0.2) is 16.9 Å². The quantitative estimate of drug-likeness (QED) is 0.799. The molecule has 0 radical (unpaired) electrons. The summed E-state index contributed by atoms with van der Waals surface area (Å²) in [7, 11) is 0. The molecule has 0 bridgehead atoms. The van der Waals surface area contributed by atoms with Crippen molar-refractivity contribution in [3.05, 3.63) is 40.4 Å². The summed E-state index contributed by atoms with van der Waals surface area (Å²) in [5, 5.41) is 9.54. The van der Waals surface area contributed by atoms with Crippen LogP contribution in [-0.2, 0) is 4.79 Å². The number of urea groups is 1. The van der Waals surface area contributed by atoms with E-state index in [2.05, 4.69) is 20.9 Å². The molecule has 0 fully saturated rings. The number of hydrogen-bond donors (Lipinski definition) is 3. The lowest BCUT2D eigenvalue weighted by molar-refractivity contribution is -0.114. The SMILES string of the molecule is CC(=O)Nc1cc(NC(=O)N[C@H](C)c2nccs2)c(F)cc1F. The van der Waals surface area contributed by atoms with Crippen molar-refractivity contribution in [2.45, 2.75) is 19.9 Å². The van der Waals surface area contributed by atoms with Crippen molar-refractivity contribution >= 4 is 34.6 Å². The third kappa shape index (κ3) is 4.46. The summed E-state index contributed by atoms with van der Waals surface area (Å²) in [6.45, 7) is 2.92. The fourth-order valence-corrected chi connectivity index (χ4v) is 2.44. The summed E-state index contributed by atoms with van der Waals surface area (Å²) in [6, 6.07) is 0.561. The Morgan fingerprint density at radius 3 is 2.39 bits per heavy atom. The summed E-state index contributed by atoms with van der Waals surface area (Å²) in [5.74, 6) is -2.39. The Bertz CT molecular complexity index is 722. The Kier molecular flexibility index (Phi) is 5.22. The van der Waals surface area contributed by atoms with Crippen LogP contribution in [0, 0.1) is 11.6 Å². The Labute approximate surface area is 134 Å². The first-order chi connectivity index (χ1) is 10.9. The van der Waals surface area contributed by atoms with E-state index in [1.807, 2.05) is 0 Å². The second kappa shape index (κ2) is 7.14. The lowest BCUT2D eigenvalue weighted by atomic mass is 10.2. The molecule has 3 N–H and O–H groups in total. The van der Waals surface area contributed by atoms with Gasteiger partial charge in [0.15, 0.2) is 0 Å². The average Bonchev–Trinajstić information content (AvgIpc) is 2.97. The highest BCUT2D eigenvalue weighted by atomic mass is 32.1. The van der Waals surface area contributed by atoms with Gasteiger partial charge in [-0.25, -0.2) is 18.6 Å². The zero-order chi connectivity index (χ0) is 17.0. The highest BCUT2D eigenvalue weighted by Gasteiger charge is 2.15. The van der Waals surface area contributed by atoms with E-state index >= 15 is 0 Å². The molecule has 122 valence electrons. The Morgan fingerprint density at radius 2 is 1.83 bits per heavy atom. The molecule has 3 amide bonds. The third-order valence-electron chi connectivity index (χ3n) is 2.79. The van der Waals surface area contributed by atoms with Crippen molar-refractivity contribution in [2.75, 3.05) is 10.6 Å². The number of rotatable bonds is 4. The number of carbonyl (C=O) groups excluding carboxylic acids is 2. The third-order valence-corrected chi connectivity index (χ3v) is 3.74. The van der Waals surface area contributed by atoms with Gasteiger partial charge in [0.2, 0.25) is 5.91 Å². The van der Waals surface area contributed by atoms with E-state index in [-0.39, 0.29) is 17.4 Å². The summed E-state index contributed by atoms with van der Waals surface area (Å²) < 4.78 is 27.3. The van der Waals surface area contributed by atoms with Crippen LogP contribution in [0.15, 0.2) is 23.7 Å². The molecule has 9 heteroatoms. The normalized spacial score (nSPS) is 11.7. The Morgan fingerprint density at radius 1 is 1.17 bits per heavy atom. The maximum Gasteiger partial charge on any atom is 0.319 e. The van der Waals surface area contributed by atoms with Gasteiger partial charge in [-0.2, -0.15) is 0 Å². The predicted octanol–water partition coefficient (Wildman–Crippen LogP) is 3.26. The molecule has 1 aromatic carbocycles. The molecular weight excluding hydrogens is 326 g/mol. The molecular formula is C14H14F2N4O2S. The van der Waals surface area contributed by atoms with Gasteiger partial charge in [0.1, 0.15) is 16.6 Å². The second-order valence-electron chi connectivity index (χ2n) is 4.68. The number of nitrogens with one attached hydrogen (secondary N) is 3. The van der Waals surface area contributed by atoms with E-state index < -0.39 is 23.6 Å². The molecule has 2 aromatic rings. The molecule has 0 unspecified atom stereocenters. The van der Waals surface area contributed by atoms with Gasteiger partial charge in [-0.3, -0.25) is 4.79 Å². The van der Waals surface area contributed by atoms with Crippen LogP contribution in [0.5, 0.6) is 0 Å². The number of amides is 3. The summed E-state index contributed by atoms with van der Waals surface area (Å²) in [6.07, 6.45) is 1.61. The minimum Gasteiger partial charge on any atom is -0.329 e. The topological polar surface area (TPSA) is 83.1 Å². The lowest BCUT2D eigenvalue weighted by Crippen LogP contribution is -2.31. The van der Waals surface area contributed by atoms with Crippen molar-refractivity contribution in [1.29, 1.82) is 0 Å². The highest BCUT2D eigenvalue weighted by molar-refractivity contribution is 7.09. The van der Waals surface area contributed by atoms with Gasteiger partial charge in [-0.1, -0.05) is 0 Å². The number of aromatic nitrogens is 1. The number of benzene rings is 1. The molecule has 6 nitrogen and oxygen atoms in total. The molecule has 0 aliphatic rings. The maximum atomic E-state index is 13.7. The van der Waals surface area contributed by atoms with Crippen LogP contribution in [0.1, 0.15) is 24.9 Å². The molecule has 0 aliphatic carbocycles. The molecule has 1 heterocycles. The Hall–Kier alpha value is -2.55. The van der Waals surface area contributed by atoms with Gasteiger partial charge in [0.25, 0.3) is 0 Å². The fraction of sp³-hybridized carbons (Fsp3) is 0.214. The zero-order valence-electron chi connectivity index (χ0n) is 12.3. The van der Waals surface area contributed by atoms with Gasteiger partial charge in [0.05, 0.1) is 17.4 Å². The minimum atomic E-state index is -0.950. The molecule has 1 aromatic heterocycles. The summed E-state index contributed by atoms with van der Waals surface area (Å²) in [5.41, 5.74) is -0.471. The summed E-state index contributed by atoms with van der Waals surface area (Å²) >= 11 is 1.37. The van der Waals surface area contributed by atoms with E-state index in [0.717, 1.165) is 6.07 Å². The van der Waals surface area contributed by atoms with Crippen LogP contribution in [0.4, 0.5) is 25.0 Å². The molecule has 0 spiro atoms. The van der Waals surface area contributed by atoms with Crippen molar-refractivity contribution in [3.63, 3.8) is 0 Å². The van der Waals surface area contributed by atoms with Gasteiger partial charge >= 0.3 is 6.03 Å². The first-order valence-electron chi connectivity index (χ1n) is 6.60. The highest BCUT2D eigenvalue weighted by Crippen LogP contribution is 2.24. The van der Waals surface area contributed by atoms with Crippen LogP contribution in [0.2, 0.25) is 0 Å². The predicted molar refractivity (Wildman–Crippen MR) is 83.3 cm³/mol. The van der Waals surface area contributed by atoms with E-state index in [9.17, 15) is 18.4 Å². The van der Waals surface area contributed by atoms with Crippen molar-refractivity contribution in [1.82, 2.24) is 10.3 Å². The first-order valence-corrected chi connectivity index (χ1v) is 7.48.